The third-order valence-electron chi connectivity index (χ3n) is 4.17. The molecule has 0 fully saturated rings. The summed E-state index contributed by atoms with van der Waals surface area (Å²) in [6, 6.07) is 7.06. The molecule has 2 rings (SSSR count). The van der Waals surface area contributed by atoms with Gasteiger partial charge < -0.3 is 9.88 Å². The predicted molar refractivity (Wildman–Crippen MR) is 88.7 cm³/mol. The lowest BCUT2D eigenvalue weighted by atomic mass is 9.99. The average molecular weight is 285 g/mol. The Bertz CT molecular complexity index is 599. The number of aromatic nitrogens is 2. The topological polar surface area (TPSA) is 29.9 Å². The molecule has 1 aromatic heterocycles. The number of benzene rings is 1. The van der Waals surface area contributed by atoms with Crippen LogP contribution in [0.4, 0.5) is 0 Å². The molecule has 0 radical (unpaired) electrons. The largest absolute Gasteiger partial charge is 0.333 e. The summed E-state index contributed by atoms with van der Waals surface area (Å²) in [6.45, 7) is 12.7. The van der Waals surface area contributed by atoms with Crippen LogP contribution >= 0.6 is 0 Å². The zero-order valence-corrected chi connectivity index (χ0v) is 13.9. The first kappa shape index (κ1) is 15.8. The van der Waals surface area contributed by atoms with Crippen molar-refractivity contribution in [1.82, 2.24) is 14.9 Å². The van der Waals surface area contributed by atoms with Gasteiger partial charge in [0.2, 0.25) is 0 Å². The number of rotatable bonds is 6. The zero-order valence-electron chi connectivity index (χ0n) is 13.9. The van der Waals surface area contributed by atoms with Crippen LogP contribution in [0.1, 0.15) is 47.5 Å². The Balaban J connectivity index is 2.27. The first-order chi connectivity index (χ1) is 10.0. The maximum atomic E-state index is 4.41. The van der Waals surface area contributed by atoms with E-state index in [9.17, 15) is 0 Å². The van der Waals surface area contributed by atoms with Gasteiger partial charge in [0.15, 0.2) is 0 Å². The highest BCUT2D eigenvalue weighted by molar-refractivity contribution is 5.33. The Morgan fingerprint density at radius 1 is 1.19 bits per heavy atom. The Kier molecular flexibility index (Phi) is 5.18. The standard InChI is InChI=1S/C18H27N3/c1-6-9-19-18(11-21-12-20-15(4)16(21)5)17-8-7-13(2)10-14(17)3/h7-8,10,12,18-19H,6,9,11H2,1-5H3. The van der Waals surface area contributed by atoms with Crippen molar-refractivity contribution in [3.8, 4) is 0 Å². The van der Waals surface area contributed by atoms with Gasteiger partial charge in [-0.1, -0.05) is 30.7 Å². The van der Waals surface area contributed by atoms with Crippen molar-refractivity contribution in [1.29, 1.82) is 0 Å². The quantitative estimate of drug-likeness (QED) is 0.873. The summed E-state index contributed by atoms with van der Waals surface area (Å²) in [5.41, 5.74) is 6.44. The van der Waals surface area contributed by atoms with E-state index in [0.717, 1.165) is 25.2 Å². The van der Waals surface area contributed by atoms with Gasteiger partial charge in [-0.05, 0) is 51.8 Å². The molecule has 0 bridgehead atoms. The highest BCUT2D eigenvalue weighted by atomic mass is 15.1. The van der Waals surface area contributed by atoms with E-state index in [0.29, 0.717) is 6.04 Å². The Morgan fingerprint density at radius 3 is 2.52 bits per heavy atom. The van der Waals surface area contributed by atoms with Gasteiger partial charge in [-0.25, -0.2) is 4.98 Å². The maximum Gasteiger partial charge on any atom is 0.0952 e. The van der Waals surface area contributed by atoms with Gasteiger partial charge in [0, 0.05) is 12.2 Å². The Labute approximate surface area is 128 Å². The van der Waals surface area contributed by atoms with E-state index in [-0.39, 0.29) is 0 Å². The summed E-state index contributed by atoms with van der Waals surface area (Å²) in [5.74, 6) is 0. The van der Waals surface area contributed by atoms with Gasteiger partial charge in [-0.3, -0.25) is 0 Å². The van der Waals surface area contributed by atoms with E-state index in [2.05, 4.69) is 67.7 Å². The fourth-order valence-corrected chi connectivity index (χ4v) is 2.73. The lowest BCUT2D eigenvalue weighted by Crippen LogP contribution is -2.27. The van der Waals surface area contributed by atoms with Crippen molar-refractivity contribution < 1.29 is 0 Å². The van der Waals surface area contributed by atoms with E-state index in [1.807, 2.05) is 6.33 Å². The first-order valence-corrected chi connectivity index (χ1v) is 7.81. The molecule has 0 saturated heterocycles. The molecule has 0 aliphatic heterocycles. The molecule has 0 spiro atoms. The molecule has 1 unspecified atom stereocenters. The molecule has 0 aliphatic rings. The molecule has 114 valence electrons. The van der Waals surface area contributed by atoms with Gasteiger partial charge in [0.25, 0.3) is 0 Å². The third kappa shape index (κ3) is 3.73. The van der Waals surface area contributed by atoms with Gasteiger partial charge in [-0.15, -0.1) is 0 Å². The second-order valence-electron chi connectivity index (χ2n) is 5.93. The van der Waals surface area contributed by atoms with Crippen LogP contribution in [-0.4, -0.2) is 16.1 Å². The molecule has 0 saturated carbocycles. The molecule has 0 amide bonds. The van der Waals surface area contributed by atoms with Crippen molar-refractivity contribution in [3.63, 3.8) is 0 Å². The number of aryl methyl sites for hydroxylation is 3. The first-order valence-electron chi connectivity index (χ1n) is 7.81. The summed E-state index contributed by atoms with van der Waals surface area (Å²) in [6.07, 6.45) is 3.10. The minimum Gasteiger partial charge on any atom is -0.333 e. The molecule has 1 heterocycles. The maximum absolute atomic E-state index is 4.41. The fourth-order valence-electron chi connectivity index (χ4n) is 2.73. The van der Waals surface area contributed by atoms with Crippen LogP contribution < -0.4 is 5.32 Å². The third-order valence-corrected chi connectivity index (χ3v) is 4.17. The number of nitrogens with one attached hydrogen (secondary N) is 1. The summed E-state index contributed by atoms with van der Waals surface area (Å²) in [7, 11) is 0. The average Bonchev–Trinajstić information content (AvgIpc) is 2.75. The van der Waals surface area contributed by atoms with E-state index >= 15 is 0 Å². The van der Waals surface area contributed by atoms with Crippen LogP contribution in [0.2, 0.25) is 0 Å². The highest BCUT2D eigenvalue weighted by Crippen LogP contribution is 2.22. The lowest BCUT2D eigenvalue weighted by Gasteiger charge is -2.22. The molecule has 0 aliphatic carbocycles. The molecule has 1 aromatic carbocycles. The summed E-state index contributed by atoms with van der Waals surface area (Å²) < 4.78 is 2.25. The molecular weight excluding hydrogens is 258 g/mol. The van der Waals surface area contributed by atoms with E-state index in [4.69, 9.17) is 0 Å². The summed E-state index contributed by atoms with van der Waals surface area (Å²) in [5, 5.41) is 3.68. The molecule has 21 heavy (non-hydrogen) atoms. The monoisotopic (exact) mass is 285 g/mol. The van der Waals surface area contributed by atoms with Crippen molar-refractivity contribution in [2.75, 3.05) is 6.54 Å². The highest BCUT2D eigenvalue weighted by Gasteiger charge is 2.15. The van der Waals surface area contributed by atoms with E-state index in [1.54, 1.807) is 0 Å². The molecule has 1 atom stereocenters. The van der Waals surface area contributed by atoms with Crippen molar-refractivity contribution >= 4 is 0 Å². The van der Waals surface area contributed by atoms with Gasteiger partial charge in [-0.2, -0.15) is 0 Å². The zero-order chi connectivity index (χ0) is 15.4. The molecular formula is C18H27N3. The van der Waals surface area contributed by atoms with Crippen molar-refractivity contribution in [2.45, 2.75) is 53.6 Å². The summed E-state index contributed by atoms with van der Waals surface area (Å²) in [4.78, 5) is 4.41. The number of hydrogen-bond acceptors (Lipinski definition) is 2. The Morgan fingerprint density at radius 2 is 1.95 bits per heavy atom. The van der Waals surface area contributed by atoms with Gasteiger partial charge in [0.05, 0.1) is 18.1 Å². The number of hydrogen-bond donors (Lipinski definition) is 1. The van der Waals surface area contributed by atoms with Crippen LogP contribution in [0.25, 0.3) is 0 Å². The molecule has 3 nitrogen and oxygen atoms in total. The normalized spacial score (nSPS) is 12.6. The van der Waals surface area contributed by atoms with Crippen LogP contribution in [0.5, 0.6) is 0 Å². The van der Waals surface area contributed by atoms with Crippen molar-refractivity contribution in [3.05, 3.63) is 52.6 Å². The lowest BCUT2D eigenvalue weighted by molar-refractivity contribution is 0.457. The smallest absolute Gasteiger partial charge is 0.0952 e. The number of nitrogens with zero attached hydrogens (tertiary/aromatic N) is 2. The van der Waals surface area contributed by atoms with Crippen LogP contribution in [0, 0.1) is 27.7 Å². The van der Waals surface area contributed by atoms with Gasteiger partial charge >= 0.3 is 0 Å². The minimum absolute atomic E-state index is 0.331. The Hall–Kier alpha value is -1.61. The molecule has 2 aromatic rings. The molecule has 3 heteroatoms. The molecule has 1 N–H and O–H groups in total. The van der Waals surface area contributed by atoms with Crippen molar-refractivity contribution in [2.24, 2.45) is 0 Å². The number of imidazole rings is 1. The van der Waals surface area contributed by atoms with E-state index < -0.39 is 0 Å². The van der Waals surface area contributed by atoms with Crippen LogP contribution in [0.15, 0.2) is 24.5 Å². The minimum atomic E-state index is 0.331. The predicted octanol–water partition coefficient (Wildman–Crippen LogP) is 3.86. The second kappa shape index (κ2) is 6.90. The van der Waals surface area contributed by atoms with Crippen LogP contribution in [0.3, 0.4) is 0 Å². The summed E-state index contributed by atoms with van der Waals surface area (Å²) >= 11 is 0. The van der Waals surface area contributed by atoms with Gasteiger partial charge in [0.1, 0.15) is 0 Å². The second-order valence-corrected chi connectivity index (χ2v) is 5.93. The SMILES string of the molecule is CCCNC(Cn1cnc(C)c1C)c1ccc(C)cc1C. The van der Waals surface area contributed by atoms with E-state index in [1.165, 1.54) is 22.4 Å². The fraction of sp³-hybridized carbons (Fsp3) is 0.500. The van der Waals surface area contributed by atoms with Crippen LogP contribution in [-0.2, 0) is 6.54 Å².